The summed E-state index contributed by atoms with van der Waals surface area (Å²) in [5.74, 6) is -0.132. The lowest BCUT2D eigenvalue weighted by molar-refractivity contribution is 0.103. The first kappa shape index (κ1) is 21.9. The van der Waals surface area contributed by atoms with E-state index in [0.29, 0.717) is 21.3 Å². The smallest absolute Gasteiger partial charge is 0.211 e. The summed E-state index contributed by atoms with van der Waals surface area (Å²) in [5.41, 5.74) is 4.64. The van der Waals surface area contributed by atoms with Crippen LogP contribution in [0.2, 0.25) is 10.0 Å². The fourth-order valence-electron chi connectivity index (χ4n) is 3.37. The molecule has 160 valence electrons. The zero-order valence-corrected chi connectivity index (χ0v) is 19.2. The second-order valence-electron chi connectivity index (χ2n) is 7.36. The highest BCUT2D eigenvalue weighted by molar-refractivity contribution is 6.31. The highest BCUT2D eigenvalue weighted by Gasteiger charge is 2.14. The van der Waals surface area contributed by atoms with E-state index in [-0.39, 0.29) is 5.78 Å². The standard InChI is InChI=1S/C26H21Cl2N3O/c1-30(21-11-9-19(27)10-12-21)24-13-14-25(29-17-24)26(32)18-5-3-7-22(15-18)31(2)23-8-4-6-20(28)16-23/h3-17H,1-2H3. The van der Waals surface area contributed by atoms with E-state index in [4.69, 9.17) is 23.2 Å². The van der Waals surface area contributed by atoms with Crippen LogP contribution in [-0.4, -0.2) is 24.9 Å². The van der Waals surface area contributed by atoms with Gasteiger partial charge in [0.05, 0.1) is 11.9 Å². The Kier molecular flexibility index (Phi) is 6.45. The van der Waals surface area contributed by atoms with Crippen LogP contribution in [0.4, 0.5) is 22.7 Å². The molecular weight excluding hydrogens is 441 g/mol. The molecule has 1 heterocycles. The van der Waals surface area contributed by atoms with Gasteiger partial charge in [-0.2, -0.15) is 0 Å². The summed E-state index contributed by atoms with van der Waals surface area (Å²) >= 11 is 12.1. The normalized spacial score (nSPS) is 10.6. The molecule has 0 aliphatic rings. The molecule has 3 aromatic carbocycles. The van der Waals surface area contributed by atoms with Crippen LogP contribution in [0.15, 0.2) is 91.1 Å². The number of halogens is 2. The van der Waals surface area contributed by atoms with E-state index in [9.17, 15) is 4.79 Å². The summed E-state index contributed by atoms with van der Waals surface area (Å²) in [6, 6.07) is 26.2. The molecule has 0 spiro atoms. The topological polar surface area (TPSA) is 36.4 Å². The van der Waals surface area contributed by atoms with Gasteiger partial charge in [0.1, 0.15) is 5.69 Å². The van der Waals surface area contributed by atoms with E-state index in [1.807, 2.05) is 96.7 Å². The molecule has 0 aliphatic carbocycles. The maximum atomic E-state index is 13.1. The molecule has 0 saturated heterocycles. The molecule has 32 heavy (non-hydrogen) atoms. The summed E-state index contributed by atoms with van der Waals surface area (Å²) < 4.78 is 0. The molecule has 6 heteroatoms. The summed E-state index contributed by atoms with van der Waals surface area (Å²) in [7, 11) is 3.88. The number of nitrogens with zero attached hydrogens (tertiary/aromatic N) is 3. The quantitative estimate of drug-likeness (QED) is 0.285. The first-order valence-corrected chi connectivity index (χ1v) is 10.8. The third-order valence-corrected chi connectivity index (χ3v) is 5.76. The molecule has 1 aromatic heterocycles. The van der Waals surface area contributed by atoms with Gasteiger partial charge in [-0.3, -0.25) is 9.78 Å². The summed E-state index contributed by atoms with van der Waals surface area (Å²) in [6.07, 6.45) is 1.70. The number of benzene rings is 3. The van der Waals surface area contributed by atoms with E-state index in [2.05, 4.69) is 4.98 Å². The maximum absolute atomic E-state index is 13.1. The van der Waals surface area contributed by atoms with Crippen LogP contribution in [0.1, 0.15) is 16.1 Å². The Labute approximate surface area is 197 Å². The Morgan fingerprint density at radius 3 is 1.97 bits per heavy atom. The Hall–Kier alpha value is -3.34. The van der Waals surface area contributed by atoms with Crippen molar-refractivity contribution in [1.29, 1.82) is 0 Å². The molecule has 0 bridgehead atoms. The molecule has 0 amide bonds. The first-order valence-electron chi connectivity index (χ1n) is 10.0. The van der Waals surface area contributed by atoms with Crippen molar-refractivity contribution in [3.8, 4) is 0 Å². The minimum absolute atomic E-state index is 0.132. The summed E-state index contributed by atoms with van der Waals surface area (Å²) in [5, 5.41) is 1.35. The lowest BCUT2D eigenvalue weighted by atomic mass is 10.1. The number of carbonyl (C=O) groups is 1. The van der Waals surface area contributed by atoms with Crippen LogP contribution in [0, 0.1) is 0 Å². The molecule has 0 N–H and O–H groups in total. The molecule has 0 aliphatic heterocycles. The van der Waals surface area contributed by atoms with Crippen LogP contribution < -0.4 is 9.80 Å². The van der Waals surface area contributed by atoms with Crippen molar-refractivity contribution in [3.05, 3.63) is 112 Å². The van der Waals surface area contributed by atoms with Gasteiger partial charge in [0, 0.05) is 46.8 Å². The average molecular weight is 462 g/mol. The molecule has 0 unspecified atom stereocenters. The number of hydrogen-bond donors (Lipinski definition) is 0. The van der Waals surface area contributed by atoms with E-state index in [1.165, 1.54) is 0 Å². The second kappa shape index (κ2) is 9.43. The molecule has 0 radical (unpaired) electrons. The Balaban J connectivity index is 1.54. The van der Waals surface area contributed by atoms with Crippen molar-refractivity contribution < 1.29 is 4.79 Å². The van der Waals surface area contributed by atoms with Gasteiger partial charge >= 0.3 is 0 Å². The lowest BCUT2D eigenvalue weighted by Gasteiger charge is -2.20. The number of anilines is 4. The van der Waals surface area contributed by atoms with Crippen molar-refractivity contribution in [2.45, 2.75) is 0 Å². The minimum Gasteiger partial charge on any atom is -0.345 e. The van der Waals surface area contributed by atoms with E-state index >= 15 is 0 Å². The van der Waals surface area contributed by atoms with Gasteiger partial charge in [-0.1, -0.05) is 41.4 Å². The van der Waals surface area contributed by atoms with Crippen molar-refractivity contribution >= 4 is 51.7 Å². The van der Waals surface area contributed by atoms with Crippen molar-refractivity contribution in [2.75, 3.05) is 23.9 Å². The maximum Gasteiger partial charge on any atom is 0.211 e. The Bertz CT molecular complexity index is 1240. The molecule has 0 atom stereocenters. The fraction of sp³-hybridized carbons (Fsp3) is 0.0769. The Morgan fingerprint density at radius 2 is 1.31 bits per heavy atom. The van der Waals surface area contributed by atoms with E-state index in [0.717, 1.165) is 22.7 Å². The highest BCUT2D eigenvalue weighted by atomic mass is 35.5. The monoisotopic (exact) mass is 461 g/mol. The number of hydrogen-bond acceptors (Lipinski definition) is 4. The largest absolute Gasteiger partial charge is 0.345 e. The fourth-order valence-corrected chi connectivity index (χ4v) is 3.68. The van der Waals surface area contributed by atoms with E-state index < -0.39 is 0 Å². The number of carbonyl (C=O) groups excluding carboxylic acids is 1. The molecule has 4 aromatic rings. The molecular formula is C26H21Cl2N3O. The van der Waals surface area contributed by atoms with Crippen LogP contribution in [0.3, 0.4) is 0 Å². The zero-order valence-electron chi connectivity index (χ0n) is 17.7. The van der Waals surface area contributed by atoms with Crippen molar-refractivity contribution in [1.82, 2.24) is 4.98 Å². The van der Waals surface area contributed by atoms with Gasteiger partial charge in [0.2, 0.25) is 5.78 Å². The van der Waals surface area contributed by atoms with Crippen LogP contribution in [0.25, 0.3) is 0 Å². The highest BCUT2D eigenvalue weighted by Crippen LogP contribution is 2.28. The van der Waals surface area contributed by atoms with Crippen LogP contribution in [0.5, 0.6) is 0 Å². The third-order valence-electron chi connectivity index (χ3n) is 5.27. The molecule has 4 rings (SSSR count). The lowest BCUT2D eigenvalue weighted by Crippen LogP contribution is -2.12. The molecule has 0 fully saturated rings. The van der Waals surface area contributed by atoms with Gasteiger partial charge in [0.25, 0.3) is 0 Å². The predicted octanol–water partition coefficient (Wildman–Crippen LogP) is 7.16. The number of rotatable bonds is 6. The molecule has 4 nitrogen and oxygen atoms in total. The van der Waals surface area contributed by atoms with Crippen molar-refractivity contribution in [2.24, 2.45) is 0 Å². The number of ketones is 1. The van der Waals surface area contributed by atoms with Crippen LogP contribution in [-0.2, 0) is 0 Å². The third kappa shape index (κ3) is 4.77. The number of aromatic nitrogens is 1. The Morgan fingerprint density at radius 1 is 0.688 bits per heavy atom. The van der Waals surface area contributed by atoms with E-state index in [1.54, 1.807) is 18.3 Å². The first-order chi connectivity index (χ1) is 15.4. The summed E-state index contributed by atoms with van der Waals surface area (Å²) in [6.45, 7) is 0. The average Bonchev–Trinajstić information content (AvgIpc) is 2.83. The van der Waals surface area contributed by atoms with Gasteiger partial charge in [-0.25, -0.2) is 0 Å². The number of pyridine rings is 1. The SMILES string of the molecule is CN(c1ccc(Cl)cc1)c1ccc(C(=O)c2cccc(N(C)c3cccc(Cl)c3)c2)nc1. The van der Waals surface area contributed by atoms with Crippen molar-refractivity contribution in [3.63, 3.8) is 0 Å². The summed E-state index contributed by atoms with van der Waals surface area (Å²) in [4.78, 5) is 21.5. The van der Waals surface area contributed by atoms with Gasteiger partial charge < -0.3 is 9.80 Å². The van der Waals surface area contributed by atoms with Gasteiger partial charge in [-0.15, -0.1) is 0 Å². The second-order valence-corrected chi connectivity index (χ2v) is 8.23. The van der Waals surface area contributed by atoms with Gasteiger partial charge in [0.15, 0.2) is 0 Å². The van der Waals surface area contributed by atoms with Gasteiger partial charge in [-0.05, 0) is 66.7 Å². The minimum atomic E-state index is -0.132. The zero-order chi connectivity index (χ0) is 22.7. The molecule has 0 saturated carbocycles. The van der Waals surface area contributed by atoms with Crippen LogP contribution >= 0.6 is 23.2 Å². The predicted molar refractivity (Wildman–Crippen MR) is 133 cm³/mol.